The number of rotatable bonds is 3. The molecule has 0 aliphatic carbocycles. The van der Waals surface area contributed by atoms with Crippen molar-refractivity contribution in [2.45, 2.75) is 32.9 Å². The molecule has 6 nitrogen and oxygen atoms in total. The Morgan fingerprint density at radius 1 is 1.12 bits per heavy atom. The van der Waals surface area contributed by atoms with Crippen LogP contribution in [-0.2, 0) is 13.0 Å². The first-order valence-electron chi connectivity index (χ1n) is 8.88. The second-order valence-electron chi connectivity index (χ2n) is 7.20. The van der Waals surface area contributed by atoms with E-state index in [2.05, 4.69) is 23.6 Å². The summed E-state index contributed by atoms with van der Waals surface area (Å²) in [5.74, 6) is -1.15. The fourth-order valence-electron chi connectivity index (χ4n) is 4.14. The molecule has 0 unspecified atom stereocenters. The van der Waals surface area contributed by atoms with Gasteiger partial charge in [0.05, 0.1) is 5.52 Å². The standard InChI is InChI=1S/C19H23N3O3/c1-12(2)20-7-9-21(10-8-20)16-4-3-14-17-13(16)5-6-22(17)11-15(18(14)23)19(24)25/h3-4,11-12H,5-10H2,1-2H3,(H,24,25). The smallest absolute Gasteiger partial charge is 0.341 e. The quantitative estimate of drug-likeness (QED) is 0.922. The first-order valence-corrected chi connectivity index (χ1v) is 8.88. The highest BCUT2D eigenvalue weighted by molar-refractivity contribution is 5.95. The Hall–Kier alpha value is -2.34. The molecule has 2 aliphatic rings. The number of anilines is 1. The third kappa shape index (κ3) is 2.52. The Kier molecular flexibility index (Phi) is 3.80. The van der Waals surface area contributed by atoms with E-state index in [1.807, 2.05) is 10.6 Å². The Bertz CT molecular complexity index is 908. The number of carboxylic acid groups (broad SMARTS) is 1. The fraction of sp³-hybridized carbons (Fsp3) is 0.474. The molecule has 2 aromatic rings. The highest BCUT2D eigenvalue weighted by Crippen LogP contribution is 2.33. The van der Waals surface area contributed by atoms with E-state index in [1.165, 1.54) is 17.4 Å². The second kappa shape index (κ2) is 5.88. The maximum absolute atomic E-state index is 12.5. The number of aromatic carboxylic acids is 1. The van der Waals surface area contributed by atoms with Crippen LogP contribution in [-0.4, -0.2) is 52.8 Å². The maximum Gasteiger partial charge on any atom is 0.341 e. The summed E-state index contributed by atoms with van der Waals surface area (Å²) < 4.78 is 1.93. The van der Waals surface area contributed by atoms with Crippen LogP contribution in [0.4, 0.5) is 5.69 Å². The number of carbonyl (C=O) groups is 1. The molecular weight excluding hydrogens is 318 g/mol. The van der Waals surface area contributed by atoms with Crippen molar-refractivity contribution >= 4 is 22.6 Å². The van der Waals surface area contributed by atoms with Gasteiger partial charge >= 0.3 is 5.97 Å². The van der Waals surface area contributed by atoms with Crippen LogP contribution in [0.25, 0.3) is 10.9 Å². The van der Waals surface area contributed by atoms with Gasteiger partial charge < -0.3 is 14.6 Å². The molecule has 1 N–H and O–H groups in total. The van der Waals surface area contributed by atoms with Gasteiger partial charge in [-0.25, -0.2) is 4.79 Å². The van der Waals surface area contributed by atoms with E-state index in [0.717, 1.165) is 44.7 Å². The number of aromatic nitrogens is 1. The molecule has 0 amide bonds. The van der Waals surface area contributed by atoms with Crippen LogP contribution >= 0.6 is 0 Å². The minimum absolute atomic E-state index is 0.140. The largest absolute Gasteiger partial charge is 0.477 e. The highest BCUT2D eigenvalue weighted by atomic mass is 16.4. The topological polar surface area (TPSA) is 65.8 Å². The van der Waals surface area contributed by atoms with E-state index in [9.17, 15) is 14.7 Å². The Balaban J connectivity index is 1.76. The lowest BCUT2D eigenvalue weighted by Crippen LogP contribution is -2.49. The lowest BCUT2D eigenvalue weighted by atomic mass is 10.0. The van der Waals surface area contributed by atoms with E-state index < -0.39 is 5.97 Å². The van der Waals surface area contributed by atoms with Crippen molar-refractivity contribution in [3.05, 3.63) is 39.7 Å². The minimum Gasteiger partial charge on any atom is -0.477 e. The van der Waals surface area contributed by atoms with Gasteiger partial charge in [0.25, 0.3) is 0 Å². The summed E-state index contributed by atoms with van der Waals surface area (Å²) in [6, 6.07) is 4.37. The summed E-state index contributed by atoms with van der Waals surface area (Å²) >= 11 is 0. The Morgan fingerprint density at radius 3 is 2.48 bits per heavy atom. The summed E-state index contributed by atoms with van der Waals surface area (Å²) in [4.78, 5) is 28.7. The van der Waals surface area contributed by atoms with E-state index in [4.69, 9.17) is 0 Å². The molecule has 4 rings (SSSR count). The third-order valence-corrected chi connectivity index (χ3v) is 5.54. The van der Waals surface area contributed by atoms with Gasteiger partial charge in [-0.3, -0.25) is 9.69 Å². The van der Waals surface area contributed by atoms with Crippen molar-refractivity contribution in [3.63, 3.8) is 0 Å². The number of hydrogen-bond donors (Lipinski definition) is 1. The van der Waals surface area contributed by atoms with Crippen molar-refractivity contribution in [2.75, 3.05) is 31.1 Å². The molecule has 0 saturated carbocycles. The van der Waals surface area contributed by atoms with Gasteiger partial charge in [0.15, 0.2) is 0 Å². The summed E-state index contributed by atoms with van der Waals surface area (Å²) in [6.07, 6.45) is 2.35. The zero-order valence-electron chi connectivity index (χ0n) is 14.7. The van der Waals surface area contributed by atoms with E-state index in [1.54, 1.807) is 6.07 Å². The van der Waals surface area contributed by atoms with Gasteiger partial charge in [-0.1, -0.05) is 0 Å². The number of aryl methyl sites for hydroxylation is 2. The van der Waals surface area contributed by atoms with Gasteiger partial charge in [0.2, 0.25) is 5.43 Å². The van der Waals surface area contributed by atoms with Gasteiger partial charge in [0.1, 0.15) is 5.56 Å². The SMILES string of the molecule is CC(C)N1CCN(c2ccc3c(=O)c(C(=O)O)cn4c3c2CC4)CC1. The lowest BCUT2D eigenvalue weighted by molar-refractivity contribution is 0.0695. The van der Waals surface area contributed by atoms with Gasteiger partial charge in [0, 0.05) is 61.6 Å². The Morgan fingerprint density at radius 2 is 1.84 bits per heavy atom. The van der Waals surface area contributed by atoms with Crippen LogP contribution in [0.3, 0.4) is 0 Å². The second-order valence-corrected chi connectivity index (χ2v) is 7.20. The van der Waals surface area contributed by atoms with E-state index >= 15 is 0 Å². The van der Waals surface area contributed by atoms with Crippen LogP contribution in [0.1, 0.15) is 29.8 Å². The number of carboxylic acids is 1. The number of piperazine rings is 1. The van der Waals surface area contributed by atoms with Gasteiger partial charge in [-0.05, 0) is 32.4 Å². The summed E-state index contributed by atoms with van der Waals surface area (Å²) in [5.41, 5.74) is 2.78. The van der Waals surface area contributed by atoms with Crippen molar-refractivity contribution in [1.29, 1.82) is 0 Å². The average molecular weight is 341 g/mol. The maximum atomic E-state index is 12.5. The minimum atomic E-state index is -1.15. The predicted molar refractivity (Wildman–Crippen MR) is 97.8 cm³/mol. The number of benzene rings is 1. The van der Waals surface area contributed by atoms with Crippen LogP contribution in [0.2, 0.25) is 0 Å². The van der Waals surface area contributed by atoms with Crippen LogP contribution in [0.15, 0.2) is 23.1 Å². The summed E-state index contributed by atoms with van der Waals surface area (Å²) in [5, 5.41) is 9.79. The highest BCUT2D eigenvalue weighted by Gasteiger charge is 2.26. The molecule has 6 heteroatoms. The van der Waals surface area contributed by atoms with Crippen LogP contribution in [0, 0.1) is 0 Å². The van der Waals surface area contributed by atoms with Crippen molar-refractivity contribution < 1.29 is 9.90 Å². The first kappa shape index (κ1) is 16.1. The molecule has 1 fully saturated rings. The van der Waals surface area contributed by atoms with Crippen LogP contribution < -0.4 is 10.3 Å². The molecule has 0 bridgehead atoms. The predicted octanol–water partition coefficient (Wildman–Crippen LogP) is 1.79. The van der Waals surface area contributed by atoms with Crippen molar-refractivity contribution in [3.8, 4) is 0 Å². The third-order valence-electron chi connectivity index (χ3n) is 5.54. The summed E-state index contributed by atoms with van der Waals surface area (Å²) in [6.45, 7) is 9.23. The number of hydrogen-bond acceptors (Lipinski definition) is 4. The van der Waals surface area contributed by atoms with Gasteiger partial charge in [-0.15, -0.1) is 0 Å². The molecule has 2 aliphatic heterocycles. The molecule has 1 saturated heterocycles. The zero-order valence-corrected chi connectivity index (χ0v) is 14.7. The van der Waals surface area contributed by atoms with Crippen molar-refractivity contribution in [2.24, 2.45) is 0 Å². The molecule has 0 radical (unpaired) electrons. The van der Waals surface area contributed by atoms with Crippen LogP contribution in [0.5, 0.6) is 0 Å². The Labute approximate surface area is 146 Å². The zero-order chi connectivity index (χ0) is 17.7. The molecule has 1 aromatic heterocycles. The van der Waals surface area contributed by atoms with Gasteiger partial charge in [-0.2, -0.15) is 0 Å². The molecule has 0 atom stereocenters. The molecular formula is C19H23N3O3. The number of nitrogens with zero attached hydrogens (tertiary/aromatic N) is 3. The molecule has 132 valence electrons. The molecule has 1 aromatic carbocycles. The van der Waals surface area contributed by atoms with E-state index in [0.29, 0.717) is 11.4 Å². The fourth-order valence-corrected chi connectivity index (χ4v) is 4.14. The molecule has 0 spiro atoms. The lowest BCUT2D eigenvalue weighted by Gasteiger charge is -2.38. The normalized spacial score (nSPS) is 17.6. The first-order chi connectivity index (χ1) is 12.0. The van der Waals surface area contributed by atoms with Crippen molar-refractivity contribution in [1.82, 2.24) is 9.47 Å². The number of pyridine rings is 1. The molecule has 25 heavy (non-hydrogen) atoms. The monoisotopic (exact) mass is 341 g/mol. The van der Waals surface area contributed by atoms with E-state index in [-0.39, 0.29) is 11.0 Å². The summed E-state index contributed by atoms with van der Waals surface area (Å²) in [7, 11) is 0. The molecule has 3 heterocycles. The average Bonchev–Trinajstić information content (AvgIpc) is 3.02.